The molecule has 0 bridgehead atoms. The van der Waals surface area contributed by atoms with E-state index in [1.807, 2.05) is 0 Å². The van der Waals surface area contributed by atoms with Crippen LogP contribution in [0, 0.1) is 11.6 Å². The van der Waals surface area contributed by atoms with Crippen molar-refractivity contribution in [1.82, 2.24) is 20.5 Å². The number of hydrogen-bond donors (Lipinski definition) is 3. The molecule has 3 N–H and O–H groups in total. The molecule has 0 fully saturated rings. The molecule has 0 unspecified atom stereocenters. The molecule has 7 nitrogen and oxygen atoms in total. The summed E-state index contributed by atoms with van der Waals surface area (Å²) < 4.78 is 42.6. The molecule has 1 amide bonds. The number of amides is 1. The van der Waals surface area contributed by atoms with Crippen LogP contribution in [-0.4, -0.2) is 46.0 Å². The number of carbonyl (C=O) groups excluding carboxylic acids is 1. The summed E-state index contributed by atoms with van der Waals surface area (Å²) in [4.78, 5) is 16.0. The number of anilines is 1. The molecule has 2 aromatic heterocycles. The summed E-state index contributed by atoms with van der Waals surface area (Å²) in [7, 11) is 1.39. The van der Waals surface area contributed by atoms with E-state index in [4.69, 9.17) is 0 Å². The maximum atomic E-state index is 14.4. The molecule has 174 valence electrons. The van der Waals surface area contributed by atoms with Gasteiger partial charge in [-0.1, -0.05) is 6.92 Å². The second-order valence-corrected chi connectivity index (χ2v) is 7.97. The Hall–Kier alpha value is -3.69. The fourth-order valence-electron chi connectivity index (χ4n) is 3.63. The van der Waals surface area contributed by atoms with Crippen LogP contribution in [0.25, 0.3) is 11.3 Å². The van der Waals surface area contributed by atoms with Crippen LogP contribution < -0.4 is 10.6 Å². The minimum Gasteiger partial charge on any atom is -0.507 e. The average Bonchev–Trinajstić information content (AvgIpc) is 2.77. The Morgan fingerprint density at radius 3 is 2.55 bits per heavy atom. The van der Waals surface area contributed by atoms with E-state index in [1.165, 1.54) is 50.5 Å². The minimum atomic E-state index is -1.20. The fourth-order valence-corrected chi connectivity index (χ4v) is 3.63. The van der Waals surface area contributed by atoms with Gasteiger partial charge in [0.15, 0.2) is 0 Å². The van der Waals surface area contributed by atoms with Gasteiger partial charge in [-0.3, -0.25) is 9.78 Å². The highest BCUT2D eigenvalue weighted by molar-refractivity contribution is 5.97. The Labute approximate surface area is 189 Å². The van der Waals surface area contributed by atoms with Gasteiger partial charge in [0.1, 0.15) is 23.2 Å². The monoisotopic (exact) mass is 459 g/mol. The van der Waals surface area contributed by atoms with Crippen LogP contribution in [0.3, 0.4) is 0 Å². The number of phenolic OH excluding ortho intramolecular Hbond substituents is 1. The van der Waals surface area contributed by atoms with Crippen molar-refractivity contribution in [2.24, 2.45) is 0 Å². The van der Waals surface area contributed by atoms with Gasteiger partial charge in [-0.25, -0.2) is 13.2 Å². The molecular weight excluding hydrogens is 435 g/mol. The number of nitrogens with zero attached hydrogens (tertiary/aromatic N) is 3. The van der Waals surface area contributed by atoms with Gasteiger partial charge in [0.2, 0.25) is 0 Å². The van der Waals surface area contributed by atoms with Crippen molar-refractivity contribution in [2.75, 3.05) is 18.9 Å². The molecule has 0 aliphatic carbocycles. The number of benzene rings is 1. The number of nitrogens with one attached hydrogen (secondary N) is 2. The zero-order valence-electron chi connectivity index (χ0n) is 18.4. The van der Waals surface area contributed by atoms with E-state index < -0.39 is 34.9 Å². The first-order valence-electron chi connectivity index (χ1n) is 10.2. The quantitative estimate of drug-likeness (QED) is 0.471. The second-order valence-electron chi connectivity index (χ2n) is 7.97. The highest BCUT2D eigenvalue weighted by Crippen LogP contribution is 2.31. The maximum Gasteiger partial charge on any atom is 0.254 e. The fraction of sp³-hybridized carbons (Fsp3) is 0.304. The molecular formula is C23H24F3N5O2. The van der Waals surface area contributed by atoms with Crippen LogP contribution in [-0.2, 0) is 5.41 Å². The summed E-state index contributed by atoms with van der Waals surface area (Å²) in [6.45, 7) is 3.22. The van der Waals surface area contributed by atoms with E-state index in [0.717, 1.165) is 6.07 Å². The van der Waals surface area contributed by atoms with Gasteiger partial charge in [-0.05, 0) is 43.7 Å². The molecule has 2 heterocycles. The molecule has 0 aliphatic heterocycles. The third-order valence-corrected chi connectivity index (χ3v) is 5.22. The van der Waals surface area contributed by atoms with Crippen LogP contribution >= 0.6 is 0 Å². The summed E-state index contributed by atoms with van der Waals surface area (Å²) in [5.41, 5.74) is -0.812. The zero-order valence-corrected chi connectivity index (χ0v) is 18.4. The highest BCUT2D eigenvalue weighted by atomic mass is 19.1. The lowest BCUT2D eigenvalue weighted by Gasteiger charge is -2.30. The van der Waals surface area contributed by atoms with Crippen molar-refractivity contribution in [3.63, 3.8) is 0 Å². The van der Waals surface area contributed by atoms with Crippen LogP contribution in [0.2, 0.25) is 0 Å². The Morgan fingerprint density at radius 1 is 1.18 bits per heavy atom. The van der Waals surface area contributed by atoms with Gasteiger partial charge < -0.3 is 15.7 Å². The molecule has 0 saturated carbocycles. The summed E-state index contributed by atoms with van der Waals surface area (Å²) in [5.74, 6) is -2.07. The molecule has 1 aromatic carbocycles. The van der Waals surface area contributed by atoms with Crippen molar-refractivity contribution in [3.05, 3.63) is 65.5 Å². The molecule has 3 rings (SSSR count). The number of pyridine rings is 1. The van der Waals surface area contributed by atoms with Crippen LogP contribution in [0.1, 0.15) is 36.3 Å². The summed E-state index contributed by atoms with van der Waals surface area (Å²) >= 11 is 0. The molecule has 0 aliphatic rings. The maximum absolute atomic E-state index is 14.4. The standard InChI is InChI=1S/C23H24F3N5O2/c1-13(24)11-23(2,21-16(25)5-4-8-28-21)12-29-20-7-6-18(30-31-20)14-9-15(22(33)27-3)19(32)10-17(14)26/h4-10,13,32H,11-12H2,1-3H3,(H,27,33)(H,29,31)/t13-,23-/m0/s1. The van der Waals surface area contributed by atoms with Crippen molar-refractivity contribution < 1.29 is 23.1 Å². The number of aromatic hydroxyl groups is 1. The number of hydrogen-bond acceptors (Lipinski definition) is 6. The van der Waals surface area contributed by atoms with E-state index in [-0.39, 0.29) is 35.5 Å². The lowest BCUT2D eigenvalue weighted by Crippen LogP contribution is -2.35. The summed E-state index contributed by atoms with van der Waals surface area (Å²) in [6, 6.07) is 7.77. The van der Waals surface area contributed by atoms with E-state index in [1.54, 1.807) is 6.92 Å². The number of alkyl halides is 1. The molecule has 0 radical (unpaired) electrons. The number of halogens is 3. The number of carbonyl (C=O) groups is 1. The van der Waals surface area contributed by atoms with Gasteiger partial charge in [-0.15, -0.1) is 10.2 Å². The lowest BCUT2D eigenvalue weighted by molar-refractivity contribution is 0.0960. The predicted molar refractivity (Wildman–Crippen MR) is 118 cm³/mol. The van der Waals surface area contributed by atoms with Gasteiger partial charge in [0, 0.05) is 36.8 Å². The van der Waals surface area contributed by atoms with E-state index in [0.29, 0.717) is 5.82 Å². The SMILES string of the molecule is CNC(=O)c1cc(-c2ccc(NC[C@](C)(C[C@H](C)F)c3ncccc3F)nn2)c(F)cc1O. The van der Waals surface area contributed by atoms with Crippen molar-refractivity contribution >= 4 is 11.7 Å². The molecule has 0 spiro atoms. The molecule has 33 heavy (non-hydrogen) atoms. The molecule has 2 atom stereocenters. The Balaban J connectivity index is 1.83. The van der Waals surface area contributed by atoms with Crippen LogP contribution in [0.4, 0.5) is 19.0 Å². The third-order valence-electron chi connectivity index (χ3n) is 5.22. The second kappa shape index (κ2) is 9.85. The molecule has 3 aromatic rings. The largest absolute Gasteiger partial charge is 0.507 e. The van der Waals surface area contributed by atoms with Crippen LogP contribution in [0.15, 0.2) is 42.6 Å². The van der Waals surface area contributed by atoms with Crippen molar-refractivity contribution in [3.8, 4) is 17.0 Å². The predicted octanol–water partition coefficient (Wildman–Crippen LogP) is 4.00. The topological polar surface area (TPSA) is 100 Å². The van der Waals surface area contributed by atoms with E-state index >= 15 is 0 Å². The van der Waals surface area contributed by atoms with E-state index in [9.17, 15) is 23.1 Å². The first-order chi connectivity index (χ1) is 15.6. The molecule has 0 saturated heterocycles. The van der Waals surface area contributed by atoms with Gasteiger partial charge >= 0.3 is 0 Å². The average molecular weight is 459 g/mol. The normalized spacial score (nSPS) is 13.8. The Kier molecular flexibility index (Phi) is 7.15. The lowest BCUT2D eigenvalue weighted by atomic mass is 9.81. The van der Waals surface area contributed by atoms with Crippen LogP contribution in [0.5, 0.6) is 5.75 Å². The number of phenols is 1. The Morgan fingerprint density at radius 2 is 1.94 bits per heavy atom. The number of rotatable bonds is 8. The van der Waals surface area contributed by atoms with Gasteiger partial charge in [0.25, 0.3) is 5.91 Å². The van der Waals surface area contributed by atoms with Gasteiger partial charge in [0.05, 0.1) is 23.1 Å². The minimum absolute atomic E-state index is 0.0166. The summed E-state index contributed by atoms with van der Waals surface area (Å²) in [6.07, 6.45) is 0.284. The highest BCUT2D eigenvalue weighted by Gasteiger charge is 2.33. The molecule has 10 heteroatoms. The summed E-state index contributed by atoms with van der Waals surface area (Å²) in [5, 5.41) is 23.2. The van der Waals surface area contributed by atoms with E-state index in [2.05, 4.69) is 25.8 Å². The Bertz CT molecular complexity index is 1140. The number of aromatic nitrogens is 3. The van der Waals surface area contributed by atoms with Gasteiger partial charge in [-0.2, -0.15) is 0 Å². The van der Waals surface area contributed by atoms with Crippen molar-refractivity contribution in [2.45, 2.75) is 31.9 Å². The van der Waals surface area contributed by atoms with Crippen molar-refractivity contribution in [1.29, 1.82) is 0 Å². The zero-order chi connectivity index (χ0) is 24.2. The first kappa shape index (κ1) is 24.0. The smallest absolute Gasteiger partial charge is 0.254 e. The first-order valence-corrected chi connectivity index (χ1v) is 10.2. The third kappa shape index (κ3) is 5.39.